The summed E-state index contributed by atoms with van der Waals surface area (Å²) in [6.45, 7) is 1.64. The second kappa shape index (κ2) is 9.29. The summed E-state index contributed by atoms with van der Waals surface area (Å²) in [6, 6.07) is 6.84. The highest BCUT2D eigenvalue weighted by molar-refractivity contribution is 5.95. The van der Waals surface area contributed by atoms with E-state index in [1.165, 1.54) is 22.0 Å². The topological polar surface area (TPSA) is 74.8 Å². The van der Waals surface area contributed by atoms with Gasteiger partial charge in [-0.1, -0.05) is 6.07 Å². The average Bonchev–Trinajstić information content (AvgIpc) is 3.56. The van der Waals surface area contributed by atoms with Crippen LogP contribution in [0.3, 0.4) is 0 Å². The van der Waals surface area contributed by atoms with E-state index in [9.17, 15) is 36.4 Å². The van der Waals surface area contributed by atoms with E-state index >= 15 is 0 Å². The lowest BCUT2D eigenvalue weighted by molar-refractivity contribution is -0.143. The van der Waals surface area contributed by atoms with Crippen molar-refractivity contribution in [1.82, 2.24) is 19.7 Å². The highest BCUT2D eigenvalue weighted by Gasteiger charge is 2.39. The number of rotatable bonds is 6. The fraction of sp³-hybridized carbons (Fsp3) is 0.333. The lowest BCUT2D eigenvalue weighted by Crippen LogP contribution is -2.37. The molecular weight excluding hydrogens is 488 g/mol. The van der Waals surface area contributed by atoms with Gasteiger partial charge in [-0.2, -0.15) is 36.7 Å². The van der Waals surface area contributed by atoms with Crippen LogP contribution >= 0.6 is 0 Å². The lowest BCUT2D eigenvalue weighted by Gasteiger charge is -2.30. The number of alkyl halides is 6. The number of hydrogen-bond acceptors (Lipinski definition) is 4. The van der Waals surface area contributed by atoms with Gasteiger partial charge in [0.25, 0.3) is 5.91 Å². The molecule has 12 heteroatoms. The van der Waals surface area contributed by atoms with E-state index in [0.717, 1.165) is 12.8 Å². The predicted octanol–water partition coefficient (Wildman–Crippen LogP) is 5.79. The zero-order valence-electron chi connectivity index (χ0n) is 18.8. The van der Waals surface area contributed by atoms with E-state index in [1.807, 2.05) is 6.07 Å². The van der Waals surface area contributed by atoms with Gasteiger partial charge >= 0.3 is 12.4 Å². The summed E-state index contributed by atoms with van der Waals surface area (Å²) in [5, 5.41) is 13.8. The molecule has 2 aromatic heterocycles. The van der Waals surface area contributed by atoms with E-state index in [-0.39, 0.29) is 29.8 Å². The van der Waals surface area contributed by atoms with Crippen molar-refractivity contribution < 1.29 is 31.1 Å². The lowest BCUT2D eigenvalue weighted by atomic mass is 10.0. The molecule has 0 radical (unpaired) electrons. The van der Waals surface area contributed by atoms with Crippen LogP contribution in [0.2, 0.25) is 0 Å². The Morgan fingerprint density at radius 2 is 1.78 bits per heavy atom. The molecule has 1 aromatic carbocycles. The summed E-state index contributed by atoms with van der Waals surface area (Å²) >= 11 is 0. The standard InChI is InChI=1S/C24H19F6N5O/c1-14(21-17(11-31)12-33-35(21)20-4-2-3-7-32-20)34(13-15-5-6-15)22(36)16-8-18(23(25,26)27)10-19(9-16)24(28,29)30/h2-4,7-10,12,14-15H,5-6,13H2,1H3. The molecule has 0 N–H and O–H groups in total. The molecule has 1 atom stereocenters. The van der Waals surface area contributed by atoms with Crippen LogP contribution in [0.25, 0.3) is 5.82 Å². The summed E-state index contributed by atoms with van der Waals surface area (Å²) in [6.07, 6.45) is -5.89. The van der Waals surface area contributed by atoms with Crippen molar-refractivity contribution in [2.24, 2.45) is 5.92 Å². The summed E-state index contributed by atoms with van der Waals surface area (Å²) < 4.78 is 81.7. The largest absolute Gasteiger partial charge is 0.416 e. The Morgan fingerprint density at radius 3 is 2.28 bits per heavy atom. The number of aromatic nitrogens is 3. The Balaban J connectivity index is 1.81. The first-order valence-corrected chi connectivity index (χ1v) is 10.9. The smallest absolute Gasteiger partial charge is 0.330 e. The molecule has 1 fully saturated rings. The van der Waals surface area contributed by atoms with Crippen LogP contribution in [0, 0.1) is 17.2 Å². The zero-order chi connectivity index (χ0) is 26.3. The van der Waals surface area contributed by atoms with E-state index in [4.69, 9.17) is 0 Å². The molecule has 3 aromatic rings. The normalized spacial score (nSPS) is 14.8. The van der Waals surface area contributed by atoms with Crippen molar-refractivity contribution in [2.75, 3.05) is 6.54 Å². The van der Waals surface area contributed by atoms with E-state index < -0.39 is 41.0 Å². The predicted molar refractivity (Wildman–Crippen MR) is 115 cm³/mol. The minimum Gasteiger partial charge on any atom is -0.330 e. The summed E-state index contributed by atoms with van der Waals surface area (Å²) in [4.78, 5) is 18.9. The van der Waals surface area contributed by atoms with Gasteiger partial charge in [-0.3, -0.25) is 4.79 Å². The Labute approximate surface area is 201 Å². The van der Waals surface area contributed by atoms with Crippen LogP contribution in [0.1, 0.15) is 58.5 Å². The van der Waals surface area contributed by atoms with Crippen LogP contribution in [-0.4, -0.2) is 32.1 Å². The van der Waals surface area contributed by atoms with Gasteiger partial charge in [-0.15, -0.1) is 0 Å². The van der Waals surface area contributed by atoms with Crippen molar-refractivity contribution in [3.8, 4) is 11.9 Å². The van der Waals surface area contributed by atoms with Crippen LogP contribution in [0.4, 0.5) is 26.3 Å². The van der Waals surface area contributed by atoms with E-state index in [2.05, 4.69) is 10.1 Å². The molecule has 0 spiro atoms. The van der Waals surface area contributed by atoms with Crippen LogP contribution in [0.5, 0.6) is 0 Å². The monoisotopic (exact) mass is 507 g/mol. The SMILES string of the molecule is CC(c1c(C#N)cnn1-c1ccccn1)N(CC1CC1)C(=O)c1cc(C(F)(F)F)cc(C(F)(F)F)c1. The van der Waals surface area contributed by atoms with Gasteiger partial charge in [0.1, 0.15) is 6.07 Å². The first-order valence-electron chi connectivity index (χ1n) is 10.9. The number of benzene rings is 1. The molecule has 1 unspecified atom stereocenters. The highest BCUT2D eigenvalue weighted by atomic mass is 19.4. The van der Waals surface area contributed by atoms with Gasteiger partial charge in [0.15, 0.2) is 5.82 Å². The molecule has 36 heavy (non-hydrogen) atoms. The molecule has 0 aliphatic heterocycles. The second-order valence-electron chi connectivity index (χ2n) is 8.53. The number of halogens is 6. The number of carbonyl (C=O) groups excluding carboxylic acids is 1. The van der Waals surface area contributed by atoms with E-state index in [1.54, 1.807) is 25.1 Å². The zero-order valence-corrected chi connectivity index (χ0v) is 18.8. The first-order chi connectivity index (χ1) is 16.9. The number of carbonyl (C=O) groups is 1. The van der Waals surface area contributed by atoms with Crippen LogP contribution in [-0.2, 0) is 12.4 Å². The fourth-order valence-corrected chi connectivity index (χ4v) is 3.89. The third-order valence-electron chi connectivity index (χ3n) is 5.90. The van der Waals surface area contributed by atoms with Crippen molar-refractivity contribution >= 4 is 5.91 Å². The molecule has 2 heterocycles. The molecule has 0 saturated heterocycles. The van der Waals surface area contributed by atoms with Gasteiger partial charge in [-0.25, -0.2) is 9.67 Å². The Kier molecular flexibility index (Phi) is 6.51. The third kappa shape index (κ3) is 5.19. The number of amides is 1. The number of nitriles is 1. The van der Waals surface area contributed by atoms with Crippen molar-refractivity contribution in [3.05, 3.63) is 76.7 Å². The number of nitrogens with zero attached hydrogens (tertiary/aromatic N) is 5. The number of pyridine rings is 1. The number of hydrogen-bond donors (Lipinski definition) is 0. The molecule has 6 nitrogen and oxygen atoms in total. The average molecular weight is 507 g/mol. The van der Waals surface area contributed by atoms with Crippen molar-refractivity contribution in [1.29, 1.82) is 5.26 Å². The molecule has 1 aliphatic carbocycles. The second-order valence-corrected chi connectivity index (χ2v) is 8.53. The molecule has 4 rings (SSSR count). The molecule has 188 valence electrons. The molecule has 1 saturated carbocycles. The van der Waals surface area contributed by atoms with Gasteiger partial charge in [0.05, 0.1) is 34.6 Å². The van der Waals surface area contributed by atoms with Crippen molar-refractivity contribution in [3.63, 3.8) is 0 Å². The quantitative estimate of drug-likeness (QED) is 0.396. The van der Waals surface area contributed by atoms with E-state index in [0.29, 0.717) is 18.0 Å². The maximum atomic E-state index is 13.5. The Hall–Kier alpha value is -3.88. The summed E-state index contributed by atoms with van der Waals surface area (Å²) in [5.41, 5.74) is -3.55. The van der Waals surface area contributed by atoms with Crippen molar-refractivity contribution in [2.45, 2.75) is 38.2 Å². The molecule has 1 amide bonds. The minimum absolute atomic E-state index is 0.0185. The molecule has 1 aliphatic rings. The fourth-order valence-electron chi connectivity index (χ4n) is 3.89. The third-order valence-corrected chi connectivity index (χ3v) is 5.90. The van der Waals surface area contributed by atoms with Gasteiger partial charge in [0.2, 0.25) is 0 Å². The van der Waals surface area contributed by atoms with Gasteiger partial charge in [0, 0.05) is 18.3 Å². The highest BCUT2D eigenvalue weighted by Crippen LogP contribution is 2.38. The minimum atomic E-state index is -5.09. The van der Waals surface area contributed by atoms with Crippen LogP contribution in [0.15, 0.2) is 48.8 Å². The maximum Gasteiger partial charge on any atom is 0.416 e. The Bertz CT molecular complexity index is 1270. The first kappa shape index (κ1) is 25.2. The summed E-state index contributed by atoms with van der Waals surface area (Å²) in [7, 11) is 0. The maximum absolute atomic E-state index is 13.5. The van der Waals surface area contributed by atoms with Gasteiger partial charge < -0.3 is 4.90 Å². The van der Waals surface area contributed by atoms with Gasteiger partial charge in [-0.05, 0) is 56.0 Å². The Morgan fingerprint density at radius 1 is 1.14 bits per heavy atom. The summed E-state index contributed by atoms with van der Waals surface area (Å²) in [5.74, 6) is -0.636. The molecular formula is C24H19F6N5O. The van der Waals surface area contributed by atoms with Crippen LogP contribution < -0.4 is 0 Å². The molecule has 0 bridgehead atoms.